The van der Waals surface area contributed by atoms with E-state index in [1.54, 1.807) is 18.2 Å². The van der Waals surface area contributed by atoms with Gasteiger partial charge < -0.3 is 15.8 Å². The highest BCUT2D eigenvalue weighted by atomic mass is 35.5. The van der Waals surface area contributed by atoms with Gasteiger partial charge in [-0.15, -0.1) is 12.4 Å². The van der Waals surface area contributed by atoms with Crippen LogP contribution in [0.4, 0.5) is 0 Å². The minimum absolute atomic E-state index is 0. The van der Waals surface area contributed by atoms with Crippen molar-refractivity contribution in [2.75, 3.05) is 6.61 Å². The number of amides is 1. The second-order valence-corrected chi connectivity index (χ2v) is 6.20. The molecule has 22 heavy (non-hydrogen) atoms. The van der Waals surface area contributed by atoms with Crippen LogP contribution in [0.2, 0.25) is 10.0 Å². The van der Waals surface area contributed by atoms with Crippen molar-refractivity contribution in [2.24, 2.45) is 5.73 Å². The van der Waals surface area contributed by atoms with Crippen LogP contribution < -0.4 is 15.8 Å². The summed E-state index contributed by atoms with van der Waals surface area (Å²) in [6, 6.07) is 5.55. The van der Waals surface area contributed by atoms with Gasteiger partial charge in [0.25, 0.3) is 0 Å². The summed E-state index contributed by atoms with van der Waals surface area (Å²) in [6.07, 6.45) is 4.17. The number of halogens is 3. The number of benzene rings is 1. The third-order valence-corrected chi connectivity index (χ3v) is 4.15. The number of nitrogens with two attached hydrogens (primary N) is 1. The maximum Gasteiger partial charge on any atom is 0.223 e. The molecule has 1 aliphatic rings. The summed E-state index contributed by atoms with van der Waals surface area (Å²) in [6.45, 7) is 0.291. The van der Waals surface area contributed by atoms with Crippen molar-refractivity contribution in [1.29, 1.82) is 0 Å². The fraction of sp³-hybridized carbons (Fsp3) is 0.533. The number of carbonyl (C=O) groups is 1. The first-order valence-electron chi connectivity index (χ1n) is 7.17. The molecule has 4 nitrogen and oxygen atoms in total. The SMILES string of the molecule is Cl.NC1CCC(NC(=O)CCOc2ccc(Cl)cc2Cl)CC1. The molecule has 0 aromatic heterocycles. The molecule has 1 aliphatic carbocycles. The van der Waals surface area contributed by atoms with E-state index in [4.69, 9.17) is 33.7 Å². The molecule has 2 rings (SSSR count). The molecule has 1 saturated carbocycles. The Kier molecular flexibility index (Phi) is 8.33. The molecule has 7 heteroatoms. The molecule has 0 atom stereocenters. The van der Waals surface area contributed by atoms with Crippen molar-refractivity contribution in [3.05, 3.63) is 28.2 Å². The maximum atomic E-state index is 11.8. The predicted molar refractivity (Wildman–Crippen MR) is 92.2 cm³/mol. The molecular formula is C15H21Cl3N2O2. The average Bonchev–Trinajstić information content (AvgIpc) is 2.44. The number of nitrogens with one attached hydrogen (secondary N) is 1. The van der Waals surface area contributed by atoms with E-state index in [9.17, 15) is 4.79 Å². The molecule has 124 valence electrons. The first-order chi connectivity index (χ1) is 10.0. The van der Waals surface area contributed by atoms with Crippen molar-refractivity contribution in [1.82, 2.24) is 5.32 Å². The zero-order valence-corrected chi connectivity index (χ0v) is 14.5. The second-order valence-electron chi connectivity index (χ2n) is 5.35. The summed E-state index contributed by atoms with van der Waals surface area (Å²) in [5.41, 5.74) is 5.84. The lowest BCUT2D eigenvalue weighted by Gasteiger charge is -2.26. The minimum Gasteiger partial charge on any atom is -0.491 e. The Bertz CT molecular complexity index is 492. The predicted octanol–water partition coefficient (Wildman–Crippen LogP) is 3.57. The van der Waals surface area contributed by atoms with Gasteiger partial charge in [-0.2, -0.15) is 0 Å². The third-order valence-electron chi connectivity index (χ3n) is 3.62. The van der Waals surface area contributed by atoms with Crippen LogP contribution in [-0.2, 0) is 4.79 Å². The fourth-order valence-electron chi connectivity index (χ4n) is 2.41. The highest BCUT2D eigenvalue weighted by Gasteiger charge is 2.19. The lowest BCUT2D eigenvalue weighted by molar-refractivity contribution is -0.122. The largest absolute Gasteiger partial charge is 0.491 e. The van der Waals surface area contributed by atoms with E-state index in [0.29, 0.717) is 28.8 Å². The Hall–Kier alpha value is -0.680. The van der Waals surface area contributed by atoms with E-state index in [0.717, 1.165) is 25.7 Å². The van der Waals surface area contributed by atoms with E-state index in [1.807, 2.05) is 0 Å². The van der Waals surface area contributed by atoms with Crippen LogP contribution in [0.15, 0.2) is 18.2 Å². The van der Waals surface area contributed by atoms with Crippen molar-refractivity contribution < 1.29 is 9.53 Å². The Balaban J connectivity index is 0.00000242. The summed E-state index contributed by atoms with van der Waals surface area (Å²) in [4.78, 5) is 11.8. The fourth-order valence-corrected chi connectivity index (χ4v) is 2.87. The van der Waals surface area contributed by atoms with Crippen LogP contribution in [0.5, 0.6) is 5.75 Å². The van der Waals surface area contributed by atoms with Crippen LogP contribution in [0.3, 0.4) is 0 Å². The molecule has 0 bridgehead atoms. The first kappa shape index (κ1) is 19.4. The number of carbonyl (C=O) groups excluding carboxylic acids is 1. The molecule has 1 amide bonds. The van der Waals surface area contributed by atoms with Crippen LogP contribution in [-0.4, -0.2) is 24.6 Å². The highest BCUT2D eigenvalue weighted by molar-refractivity contribution is 6.35. The van der Waals surface area contributed by atoms with Crippen molar-refractivity contribution in [3.8, 4) is 5.75 Å². The molecule has 3 N–H and O–H groups in total. The smallest absolute Gasteiger partial charge is 0.223 e. The molecule has 0 heterocycles. The normalized spacial score (nSPS) is 20.9. The Morgan fingerprint density at radius 1 is 1.27 bits per heavy atom. The van der Waals surface area contributed by atoms with Crippen LogP contribution in [0.1, 0.15) is 32.1 Å². The Morgan fingerprint density at radius 2 is 1.95 bits per heavy atom. The summed E-state index contributed by atoms with van der Waals surface area (Å²) in [5.74, 6) is 0.540. The third kappa shape index (κ3) is 6.21. The molecular weight excluding hydrogens is 347 g/mol. The quantitative estimate of drug-likeness (QED) is 0.836. The molecule has 0 radical (unpaired) electrons. The van der Waals surface area contributed by atoms with Crippen LogP contribution in [0.25, 0.3) is 0 Å². The molecule has 0 saturated heterocycles. The highest BCUT2D eigenvalue weighted by Crippen LogP contribution is 2.27. The van der Waals surface area contributed by atoms with Gasteiger partial charge in [0.2, 0.25) is 5.91 Å². The standard InChI is InChI=1S/C15H20Cl2N2O2.ClH/c16-10-1-6-14(13(17)9-10)21-8-7-15(20)19-12-4-2-11(18)3-5-12;/h1,6,9,11-12H,2-5,7-8,18H2,(H,19,20);1H. The second kappa shape index (κ2) is 9.46. The van der Waals surface area contributed by atoms with Gasteiger partial charge >= 0.3 is 0 Å². The summed E-state index contributed by atoms with van der Waals surface area (Å²) < 4.78 is 5.50. The van der Waals surface area contributed by atoms with E-state index < -0.39 is 0 Å². The van der Waals surface area contributed by atoms with Gasteiger partial charge in [0.15, 0.2) is 0 Å². The summed E-state index contributed by atoms with van der Waals surface area (Å²) >= 11 is 11.8. The van der Waals surface area contributed by atoms with Gasteiger partial charge in [-0.1, -0.05) is 23.2 Å². The van der Waals surface area contributed by atoms with Gasteiger partial charge in [0.1, 0.15) is 5.75 Å². The zero-order valence-electron chi connectivity index (χ0n) is 12.2. The first-order valence-corrected chi connectivity index (χ1v) is 7.93. The van der Waals surface area contributed by atoms with Gasteiger partial charge in [-0.3, -0.25) is 4.79 Å². The minimum atomic E-state index is 0. The molecule has 1 aromatic rings. The van der Waals surface area contributed by atoms with Crippen molar-refractivity contribution in [3.63, 3.8) is 0 Å². The summed E-state index contributed by atoms with van der Waals surface area (Å²) in [7, 11) is 0. The Labute approximate surface area is 147 Å². The summed E-state index contributed by atoms with van der Waals surface area (Å²) in [5, 5.41) is 4.03. The molecule has 0 unspecified atom stereocenters. The van der Waals surface area contributed by atoms with Crippen LogP contribution in [0, 0.1) is 0 Å². The van der Waals surface area contributed by atoms with Crippen LogP contribution >= 0.6 is 35.6 Å². The Morgan fingerprint density at radius 3 is 2.59 bits per heavy atom. The van der Waals surface area contributed by atoms with Gasteiger partial charge in [0.05, 0.1) is 18.1 Å². The van der Waals surface area contributed by atoms with Crippen molar-refractivity contribution in [2.45, 2.75) is 44.2 Å². The number of ether oxygens (including phenoxy) is 1. The number of hydrogen-bond donors (Lipinski definition) is 2. The molecule has 0 spiro atoms. The number of hydrogen-bond acceptors (Lipinski definition) is 3. The lowest BCUT2D eigenvalue weighted by atomic mass is 9.92. The lowest BCUT2D eigenvalue weighted by Crippen LogP contribution is -2.40. The number of rotatable bonds is 5. The monoisotopic (exact) mass is 366 g/mol. The van der Waals surface area contributed by atoms with Gasteiger partial charge in [-0.05, 0) is 43.9 Å². The molecule has 1 fully saturated rings. The topological polar surface area (TPSA) is 64.3 Å². The molecule has 1 aromatic carbocycles. The van der Waals surface area contributed by atoms with Crippen molar-refractivity contribution >= 4 is 41.5 Å². The maximum absolute atomic E-state index is 11.8. The van der Waals surface area contributed by atoms with E-state index in [1.165, 1.54) is 0 Å². The van der Waals surface area contributed by atoms with Gasteiger partial charge in [0, 0.05) is 17.1 Å². The van der Waals surface area contributed by atoms with E-state index >= 15 is 0 Å². The average molecular weight is 368 g/mol. The van der Waals surface area contributed by atoms with E-state index in [-0.39, 0.29) is 30.4 Å². The zero-order chi connectivity index (χ0) is 15.2. The van der Waals surface area contributed by atoms with Gasteiger partial charge in [-0.25, -0.2) is 0 Å². The van der Waals surface area contributed by atoms with E-state index in [2.05, 4.69) is 5.32 Å². The molecule has 0 aliphatic heterocycles.